The van der Waals surface area contributed by atoms with Crippen LogP contribution in [0.25, 0.3) is 54.9 Å². The number of aliphatic hydroxyl groups excluding tert-OH is 1. The summed E-state index contributed by atoms with van der Waals surface area (Å²) in [6.07, 6.45) is 4.75. The number of hydrogen-bond acceptors (Lipinski definition) is 5. The Morgan fingerprint density at radius 1 is 0.804 bits per heavy atom. The smallest absolute Gasteiger partial charge is 0.164 e. The number of furan rings is 1. The number of rotatable bonds is 10. The Morgan fingerprint density at radius 2 is 1.47 bits per heavy atom. The summed E-state index contributed by atoms with van der Waals surface area (Å²) in [4.78, 5) is 22.3. The fraction of sp³-hybridized carbons (Fsp3) is 0.400. The molecule has 0 aliphatic carbocycles. The first-order valence-electron chi connectivity index (χ1n) is 18.3. The van der Waals surface area contributed by atoms with Crippen molar-refractivity contribution >= 4 is 49.4 Å². The number of nitrogens with zero attached hydrogens (tertiary/aromatic N) is 2. The van der Waals surface area contributed by atoms with Gasteiger partial charge in [-0.3, -0.25) is 9.78 Å². The van der Waals surface area contributed by atoms with Gasteiger partial charge in [0.1, 0.15) is 17.2 Å². The van der Waals surface area contributed by atoms with Crippen LogP contribution in [0.15, 0.2) is 83.0 Å². The molecule has 5 nitrogen and oxygen atoms in total. The molecule has 0 fully saturated rings. The summed E-state index contributed by atoms with van der Waals surface area (Å²) in [5, 5.41) is 15.8. The molecule has 0 aliphatic rings. The number of fused-ring (bicyclic) bond motifs is 6. The van der Waals surface area contributed by atoms with E-state index >= 15 is 0 Å². The topological polar surface area (TPSA) is 76.2 Å². The van der Waals surface area contributed by atoms with Gasteiger partial charge in [-0.2, -0.15) is 0 Å². The van der Waals surface area contributed by atoms with Crippen LogP contribution in [0.3, 0.4) is 0 Å². The molecule has 0 unspecified atom stereocenters. The zero-order valence-electron chi connectivity index (χ0n) is 31.9. The summed E-state index contributed by atoms with van der Waals surface area (Å²) in [5.41, 5.74) is 5.19. The van der Waals surface area contributed by atoms with E-state index in [2.05, 4.69) is 76.2 Å². The van der Waals surface area contributed by atoms with Crippen LogP contribution in [0.2, 0.25) is 0 Å². The van der Waals surface area contributed by atoms with Crippen LogP contribution < -0.4 is 0 Å². The Bertz CT molecular complexity index is 2190. The number of carbonyl (C=O) groups excluding carboxylic acids is 1. The molecule has 0 bridgehead atoms. The summed E-state index contributed by atoms with van der Waals surface area (Å²) in [6, 6.07) is 26.5. The molecule has 0 atom stereocenters. The second-order valence-electron chi connectivity index (χ2n) is 14.8. The van der Waals surface area contributed by atoms with E-state index in [1.165, 1.54) is 22.4 Å². The summed E-state index contributed by atoms with van der Waals surface area (Å²) < 4.78 is 6.35. The number of para-hydroxylation sites is 1. The predicted molar refractivity (Wildman–Crippen MR) is 210 cm³/mol. The molecule has 0 saturated carbocycles. The van der Waals surface area contributed by atoms with E-state index in [-0.39, 0.29) is 48.4 Å². The maximum Gasteiger partial charge on any atom is 0.164 e. The molecule has 2 aromatic heterocycles. The summed E-state index contributed by atoms with van der Waals surface area (Å²) in [7, 11) is 0. The molecule has 2 heterocycles. The normalized spacial score (nSPS) is 12.5. The average Bonchev–Trinajstić information content (AvgIpc) is 3.52. The average molecular weight is 862 g/mol. The van der Waals surface area contributed by atoms with Crippen molar-refractivity contribution in [1.29, 1.82) is 0 Å². The number of allylic oxidation sites excluding steroid dienone is 2. The van der Waals surface area contributed by atoms with Crippen LogP contribution in [-0.2, 0) is 24.9 Å². The number of aliphatic hydroxyl groups is 1. The summed E-state index contributed by atoms with van der Waals surface area (Å²) in [6.45, 7) is 20.8. The predicted octanol–water partition coefficient (Wildman–Crippen LogP) is 13.0. The van der Waals surface area contributed by atoms with Crippen molar-refractivity contribution in [2.45, 2.75) is 107 Å². The van der Waals surface area contributed by atoms with Crippen molar-refractivity contribution in [3.05, 3.63) is 96.0 Å². The maximum atomic E-state index is 12.2. The molecule has 0 aliphatic heterocycles. The van der Waals surface area contributed by atoms with Gasteiger partial charge in [0.2, 0.25) is 0 Å². The van der Waals surface area contributed by atoms with Crippen LogP contribution in [0, 0.1) is 16.9 Å². The molecule has 6 rings (SSSR count). The van der Waals surface area contributed by atoms with E-state index in [1.807, 2.05) is 65.8 Å². The minimum atomic E-state index is -0.337. The van der Waals surface area contributed by atoms with E-state index in [0.29, 0.717) is 5.92 Å². The molecule has 4 aromatic carbocycles. The molecule has 0 saturated heterocycles. The third-order valence-corrected chi connectivity index (χ3v) is 11.1. The molecule has 0 spiro atoms. The van der Waals surface area contributed by atoms with E-state index in [4.69, 9.17) is 14.4 Å². The van der Waals surface area contributed by atoms with Crippen molar-refractivity contribution < 1.29 is 34.4 Å². The monoisotopic (exact) mass is 862 g/mol. The van der Waals surface area contributed by atoms with Gasteiger partial charge in [0.05, 0.1) is 11.1 Å². The van der Waals surface area contributed by atoms with E-state index in [0.717, 1.165) is 75.6 Å². The third kappa shape index (κ3) is 7.69. The second-order valence-corrected chi connectivity index (χ2v) is 14.8. The molecule has 6 heteroatoms. The van der Waals surface area contributed by atoms with Crippen molar-refractivity contribution in [3.63, 3.8) is 0 Å². The number of aromatic nitrogens is 2. The molecule has 271 valence electrons. The van der Waals surface area contributed by atoms with E-state index < -0.39 is 0 Å². The fourth-order valence-corrected chi connectivity index (χ4v) is 6.49. The second kappa shape index (κ2) is 16.2. The fourth-order valence-electron chi connectivity index (χ4n) is 6.49. The zero-order chi connectivity index (χ0) is 36.4. The van der Waals surface area contributed by atoms with Gasteiger partial charge < -0.3 is 9.52 Å². The Kier molecular flexibility index (Phi) is 12.7. The standard InChI is InChI=1S/C30H25N2O.C15H28O2.Ir/c1-17(2)20-11-7-9-19-15-16-23-27(31-30(18(3)4)32-28(23)26(19)20)24-13-8-12-22-21-10-5-6-14-25(21)33-29(22)24;1-7-14(5,8-2)12(16)11-13(17)15(6,9-3)10-4;/h5-12,14-18H,1-4H3;11,16H,7-10H2,1-6H3;/q-1;;/b;12-11-;. The van der Waals surface area contributed by atoms with Gasteiger partial charge in [-0.25, -0.2) is 4.98 Å². The van der Waals surface area contributed by atoms with Gasteiger partial charge in [-0.15, -0.1) is 18.2 Å². The van der Waals surface area contributed by atoms with Crippen LogP contribution in [0.1, 0.15) is 118 Å². The van der Waals surface area contributed by atoms with Gasteiger partial charge in [-0.1, -0.05) is 129 Å². The van der Waals surface area contributed by atoms with Crippen LogP contribution >= 0.6 is 0 Å². The molecule has 1 N–H and O–H groups in total. The Balaban J connectivity index is 0.000000279. The van der Waals surface area contributed by atoms with Crippen molar-refractivity contribution in [1.82, 2.24) is 9.97 Å². The van der Waals surface area contributed by atoms with Gasteiger partial charge in [-0.05, 0) is 54.0 Å². The molecule has 1 radical (unpaired) electrons. The Labute approximate surface area is 317 Å². The third-order valence-electron chi connectivity index (χ3n) is 11.1. The zero-order valence-corrected chi connectivity index (χ0v) is 34.3. The first kappa shape index (κ1) is 39.9. The maximum absolute atomic E-state index is 12.2. The van der Waals surface area contributed by atoms with Crippen molar-refractivity contribution in [3.8, 4) is 11.3 Å². The van der Waals surface area contributed by atoms with E-state index in [1.54, 1.807) is 0 Å². The summed E-state index contributed by atoms with van der Waals surface area (Å²) in [5.74, 6) is 1.72. The number of ketones is 1. The number of benzene rings is 4. The molecule has 51 heavy (non-hydrogen) atoms. The van der Waals surface area contributed by atoms with Crippen molar-refractivity contribution in [2.24, 2.45) is 10.8 Å². The van der Waals surface area contributed by atoms with Gasteiger partial charge in [0.15, 0.2) is 5.78 Å². The first-order valence-corrected chi connectivity index (χ1v) is 18.3. The minimum absolute atomic E-state index is 0. The van der Waals surface area contributed by atoms with Crippen LogP contribution in [-0.4, -0.2) is 20.9 Å². The number of carbonyl (C=O) groups is 1. The van der Waals surface area contributed by atoms with Gasteiger partial charge in [0, 0.05) is 59.4 Å². The molecular weight excluding hydrogens is 809 g/mol. The van der Waals surface area contributed by atoms with Crippen LogP contribution in [0.5, 0.6) is 0 Å². The SMILES string of the molecule is CC(C)c1nc(-c2[c-]ccc3c2oc2ccccc23)c2ccc3cccc(C(C)C)c3c2n1.CCC(C)(CC)C(=O)/C=C(\O)C(C)(CC)CC.[Ir]. The quantitative estimate of drug-likeness (QED) is 0.0643. The van der Waals surface area contributed by atoms with Gasteiger partial charge >= 0.3 is 0 Å². The van der Waals surface area contributed by atoms with Crippen molar-refractivity contribution in [2.75, 3.05) is 0 Å². The molecular formula is C45H53IrN2O3-. The largest absolute Gasteiger partial charge is 0.512 e. The Hall–Kier alpha value is -3.86. The minimum Gasteiger partial charge on any atom is -0.512 e. The van der Waals surface area contributed by atoms with E-state index in [9.17, 15) is 9.90 Å². The first-order chi connectivity index (χ1) is 23.8. The van der Waals surface area contributed by atoms with Crippen LogP contribution in [0.4, 0.5) is 0 Å². The molecule has 0 amide bonds. The Morgan fingerprint density at radius 3 is 2.10 bits per heavy atom. The molecule has 6 aromatic rings. The summed E-state index contributed by atoms with van der Waals surface area (Å²) >= 11 is 0. The number of hydrogen-bond donors (Lipinski definition) is 1. The van der Waals surface area contributed by atoms with Gasteiger partial charge in [0.25, 0.3) is 0 Å².